The summed E-state index contributed by atoms with van der Waals surface area (Å²) in [6.45, 7) is 0. The second kappa shape index (κ2) is 6.40. The maximum Gasteiger partial charge on any atom is 0.222 e. The Morgan fingerprint density at radius 1 is 0.786 bits per heavy atom. The van der Waals surface area contributed by atoms with E-state index in [1.807, 2.05) is 0 Å². The molecule has 0 fully saturated rings. The van der Waals surface area contributed by atoms with Gasteiger partial charge in [-0.1, -0.05) is 0 Å². The average molecular weight is 200 g/mol. The van der Waals surface area contributed by atoms with Crippen LogP contribution in [0.5, 0.6) is 0 Å². The largest absolute Gasteiger partial charge is 0.349 e. The van der Waals surface area contributed by atoms with Gasteiger partial charge in [-0.05, 0) is 12.8 Å². The molecule has 82 valence electrons. The van der Waals surface area contributed by atoms with Crippen LogP contribution in [-0.4, -0.2) is 49.8 Å². The molecule has 0 aromatic carbocycles. The molecule has 0 aliphatic carbocycles. The average Bonchev–Trinajstić information content (AvgIpc) is 2.11. The highest BCUT2D eigenvalue weighted by atomic mass is 16.2. The van der Waals surface area contributed by atoms with Gasteiger partial charge in [0, 0.05) is 41.0 Å². The number of unbranched alkanes of at least 4 members (excludes halogenated alkanes) is 1. The van der Waals surface area contributed by atoms with Gasteiger partial charge in [0.15, 0.2) is 0 Å². The third-order valence-electron chi connectivity index (χ3n) is 2.03. The van der Waals surface area contributed by atoms with Crippen LogP contribution >= 0.6 is 0 Å². The van der Waals surface area contributed by atoms with Crippen LogP contribution in [0, 0.1) is 0 Å². The minimum Gasteiger partial charge on any atom is -0.349 e. The predicted molar refractivity (Wildman–Crippen MR) is 55.9 cm³/mol. The Hall–Kier alpha value is -1.06. The Morgan fingerprint density at radius 2 is 1.07 bits per heavy atom. The van der Waals surface area contributed by atoms with Gasteiger partial charge in [-0.15, -0.1) is 0 Å². The van der Waals surface area contributed by atoms with E-state index >= 15 is 0 Å². The van der Waals surface area contributed by atoms with E-state index in [4.69, 9.17) is 0 Å². The van der Waals surface area contributed by atoms with Crippen molar-refractivity contribution in [1.82, 2.24) is 9.80 Å². The molecule has 0 atom stereocenters. The van der Waals surface area contributed by atoms with Gasteiger partial charge < -0.3 is 9.80 Å². The Labute approximate surface area is 85.9 Å². The van der Waals surface area contributed by atoms with E-state index in [1.54, 1.807) is 38.0 Å². The van der Waals surface area contributed by atoms with Gasteiger partial charge in [0.2, 0.25) is 11.8 Å². The van der Waals surface area contributed by atoms with Crippen molar-refractivity contribution in [2.45, 2.75) is 25.7 Å². The van der Waals surface area contributed by atoms with Crippen molar-refractivity contribution >= 4 is 11.8 Å². The number of amides is 2. The van der Waals surface area contributed by atoms with Gasteiger partial charge in [0.1, 0.15) is 0 Å². The van der Waals surface area contributed by atoms with Crippen LogP contribution in [0.25, 0.3) is 0 Å². The first-order valence-corrected chi connectivity index (χ1v) is 4.85. The second-order valence-corrected chi connectivity index (χ2v) is 3.78. The van der Waals surface area contributed by atoms with Crippen LogP contribution in [0.1, 0.15) is 25.7 Å². The van der Waals surface area contributed by atoms with Crippen molar-refractivity contribution in [3.05, 3.63) is 0 Å². The van der Waals surface area contributed by atoms with E-state index in [0.29, 0.717) is 12.8 Å². The molecule has 0 aliphatic rings. The molecule has 0 unspecified atom stereocenters. The molecule has 0 spiro atoms. The van der Waals surface area contributed by atoms with Crippen LogP contribution in [0.3, 0.4) is 0 Å². The molecule has 0 aromatic heterocycles. The maximum absolute atomic E-state index is 11.2. The SMILES string of the molecule is CN(C)C(=O)CCCCC(=O)N(C)C. The number of hydrogen-bond acceptors (Lipinski definition) is 2. The summed E-state index contributed by atoms with van der Waals surface area (Å²) < 4.78 is 0. The highest BCUT2D eigenvalue weighted by Crippen LogP contribution is 2.03. The molecule has 0 aromatic rings. The first kappa shape index (κ1) is 12.9. The lowest BCUT2D eigenvalue weighted by Gasteiger charge is -2.11. The van der Waals surface area contributed by atoms with Crippen molar-refractivity contribution in [2.24, 2.45) is 0 Å². The Morgan fingerprint density at radius 3 is 1.29 bits per heavy atom. The molecule has 4 nitrogen and oxygen atoms in total. The molecule has 2 amide bonds. The highest BCUT2D eigenvalue weighted by Gasteiger charge is 2.06. The summed E-state index contributed by atoms with van der Waals surface area (Å²) in [7, 11) is 6.97. The van der Waals surface area contributed by atoms with Crippen molar-refractivity contribution < 1.29 is 9.59 Å². The summed E-state index contributed by atoms with van der Waals surface area (Å²) in [4.78, 5) is 25.5. The van der Waals surface area contributed by atoms with Crippen LogP contribution in [0.4, 0.5) is 0 Å². The quantitative estimate of drug-likeness (QED) is 0.614. The molecule has 0 aliphatic heterocycles. The minimum atomic E-state index is 0.127. The first-order chi connectivity index (χ1) is 6.45. The van der Waals surface area contributed by atoms with Crippen LogP contribution < -0.4 is 0 Å². The zero-order valence-electron chi connectivity index (χ0n) is 9.54. The summed E-state index contributed by atoms with van der Waals surface area (Å²) in [5, 5.41) is 0. The fraction of sp³-hybridized carbons (Fsp3) is 0.800. The molecule has 0 saturated heterocycles. The highest BCUT2D eigenvalue weighted by molar-refractivity contribution is 5.76. The first-order valence-electron chi connectivity index (χ1n) is 4.85. The zero-order valence-corrected chi connectivity index (χ0v) is 9.54. The van der Waals surface area contributed by atoms with Crippen LogP contribution in [0.2, 0.25) is 0 Å². The molecule has 0 saturated carbocycles. The van der Waals surface area contributed by atoms with Gasteiger partial charge in [0.25, 0.3) is 0 Å². The van der Waals surface area contributed by atoms with Crippen molar-refractivity contribution in [3.8, 4) is 0 Å². The fourth-order valence-electron chi connectivity index (χ4n) is 1.000. The Kier molecular flexibility index (Phi) is 5.92. The molecule has 0 heterocycles. The molecular formula is C10H20N2O2. The van der Waals surface area contributed by atoms with Crippen molar-refractivity contribution in [2.75, 3.05) is 28.2 Å². The molecule has 4 heteroatoms. The number of hydrogen-bond donors (Lipinski definition) is 0. The van der Waals surface area contributed by atoms with Gasteiger partial charge in [-0.3, -0.25) is 9.59 Å². The molecule has 0 rings (SSSR count). The van der Waals surface area contributed by atoms with E-state index in [2.05, 4.69) is 0 Å². The number of nitrogens with zero attached hydrogens (tertiary/aromatic N) is 2. The summed E-state index contributed by atoms with van der Waals surface area (Å²) in [5.74, 6) is 0.254. The molecule has 14 heavy (non-hydrogen) atoms. The maximum atomic E-state index is 11.2. The predicted octanol–water partition coefficient (Wildman–Crippen LogP) is 0.723. The summed E-state index contributed by atoms with van der Waals surface area (Å²) in [6.07, 6.45) is 2.65. The van der Waals surface area contributed by atoms with Crippen LogP contribution in [0.15, 0.2) is 0 Å². The molecule has 0 N–H and O–H groups in total. The lowest BCUT2D eigenvalue weighted by atomic mass is 10.1. The van der Waals surface area contributed by atoms with E-state index in [0.717, 1.165) is 12.8 Å². The minimum absolute atomic E-state index is 0.127. The smallest absolute Gasteiger partial charge is 0.222 e. The Balaban J connectivity index is 3.48. The number of carbonyl (C=O) groups is 2. The fourth-order valence-corrected chi connectivity index (χ4v) is 1.000. The summed E-state index contributed by atoms with van der Waals surface area (Å²) in [5.41, 5.74) is 0. The summed E-state index contributed by atoms with van der Waals surface area (Å²) >= 11 is 0. The molecule has 0 radical (unpaired) electrons. The number of carbonyl (C=O) groups excluding carboxylic acids is 2. The second-order valence-electron chi connectivity index (χ2n) is 3.78. The van der Waals surface area contributed by atoms with Gasteiger partial charge in [-0.2, -0.15) is 0 Å². The van der Waals surface area contributed by atoms with Gasteiger partial charge in [-0.25, -0.2) is 0 Å². The lowest BCUT2D eigenvalue weighted by Crippen LogP contribution is -2.22. The monoisotopic (exact) mass is 200 g/mol. The van der Waals surface area contributed by atoms with Crippen molar-refractivity contribution in [3.63, 3.8) is 0 Å². The zero-order chi connectivity index (χ0) is 11.1. The van der Waals surface area contributed by atoms with Gasteiger partial charge in [0.05, 0.1) is 0 Å². The summed E-state index contributed by atoms with van der Waals surface area (Å²) in [6, 6.07) is 0. The van der Waals surface area contributed by atoms with Crippen LogP contribution in [-0.2, 0) is 9.59 Å². The Bertz CT molecular complexity index is 178. The van der Waals surface area contributed by atoms with Gasteiger partial charge >= 0.3 is 0 Å². The molecule has 0 bridgehead atoms. The standard InChI is InChI=1S/C10H20N2O2/c1-11(2)9(13)7-5-6-8-10(14)12(3)4/h5-8H2,1-4H3. The van der Waals surface area contributed by atoms with Crippen molar-refractivity contribution in [1.29, 1.82) is 0 Å². The normalized spacial score (nSPS) is 9.71. The lowest BCUT2D eigenvalue weighted by molar-refractivity contribution is -0.130. The van der Waals surface area contributed by atoms with E-state index in [1.165, 1.54) is 0 Å². The third kappa shape index (κ3) is 5.56. The topological polar surface area (TPSA) is 40.6 Å². The molecular weight excluding hydrogens is 180 g/mol. The van der Waals surface area contributed by atoms with E-state index in [9.17, 15) is 9.59 Å². The van der Waals surface area contributed by atoms with E-state index in [-0.39, 0.29) is 11.8 Å². The number of rotatable bonds is 5. The third-order valence-corrected chi connectivity index (χ3v) is 2.03. The van der Waals surface area contributed by atoms with E-state index < -0.39 is 0 Å².